The molecule has 5 nitrogen and oxygen atoms in total. The molecule has 0 aromatic rings. The van der Waals surface area contributed by atoms with Crippen LogP contribution in [0.5, 0.6) is 0 Å². The maximum absolute atomic E-state index is 12.4. The zero-order valence-corrected chi connectivity index (χ0v) is 18.0. The lowest BCUT2D eigenvalue weighted by Gasteiger charge is -2.35. The van der Waals surface area contributed by atoms with Crippen molar-refractivity contribution in [3.05, 3.63) is 0 Å². The van der Waals surface area contributed by atoms with Crippen LogP contribution in [0.3, 0.4) is 0 Å². The van der Waals surface area contributed by atoms with Gasteiger partial charge in [0.25, 0.3) is 0 Å². The average molecular weight is 453 g/mol. The molecule has 0 bridgehead atoms. The first-order valence-electron chi connectivity index (χ1n) is 8.75. The Hall–Kier alpha value is -0.370. The van der Waals surface area contributed by atoms with Crippen LogP contribution in [0.1, 0.15) is 67.2 Å². The van der Waals surface area contributed by atoms with E-state index in [-0.39, 0.29) is 23.4 Å². The molecule has 0 N–H and O–H groups in total. The zero-order chi connectivity index (χ0) is 18.5. The molecule has 2 unspecified atom stereocenters. The Balaban J connectivity index is 2.67. The Labute approximate surface area is 160 Å². The summed E-state index contributed by atoms with van der Waals surface area (Å²) >= 11 is 2.14. The number of carbonyl (C=O) groups excluding carboxylic acids is 2. The van der Waals surface area contributed by atoms with Gasteiger partial charge in [0, 0.05) is 26.4 Å². The van der Waals surface area contributed by atoms with Gasteiger partial charge in [-0.15, -0.1) is 0 Å². The van der Waals surface area contributed by atoms with Crippen LogP contribution in [-0.4, -0.2) is 45.7 Å². The summed E-state index contributed by atoms with van der Waals surface area (Å²) in [6.45, 7) is 13.2. The van der Waals surface area contributed by atoms with Crippen molar-refractivity contribution in [2.24, 2.45) is 5.41 Å². The van der Waals surface area contributed by atoms with Crippen LogP contribution in [0.2, 0.25) is 0 Å². The standard InChI is InChI=1S/C18H32INO4/c1-7-18(6,19)16(22)24-15(12-17(3,4)5)23-14-8-10-20(11-9-14)13(2)21/h14-15H,7-12H2,1-6H3. The predicted octanol–water partition coefficient (Wildman–Crippen LogP) is 3.92. The van der Waals surface area contributed by atoms with Crippen molar-refractivity contribution in [3.63, 3.8) is 0 Å². The van der Waals surface area contributed by atoms with Gasteiger partial charge < -0.3 is 14.4 Å². The highest BCUT2D eigenvalue weighted by molar-refractivity contribution is 14.1. The maximum atomic E-state index is 12.4. The van der Waals surface area contributed by atoms with Crippen molar-refractivity contribution in [1.29, 1.82) is 0 Å². The second kappa shape index (κ2) is 8.83. The van der Waals surface area contributed by atoms with E-state index in [1.165, 1.54) is 0 Å². The maximum Gasteiger partial charge on any atom is 0.324 e. The fraction of sp³-hybridized carbons (Fsp3) is 0.889. The summed E-state index contributed by atoms with van der Waals surface area (Å²) in [5.41, 5.74) is -0.00107. The van der Waals surface area contributed by atoms with Gasteiger partial charge in [-0.2, -0.15) is 0 Å². The SMILES string of the molecule is CCC(C)(I)C(=O)OC(CC(C)(C)C)OC1CCN(C(C)=O)CC1. The molecule has 0 radical (unpaired) electrons. The minimum Gasteiger partial charge on any atom is -0.435 e. The Morgan fingerprint density at radius 3 is 2.17 bits per heavy atom. The van der Waals surface area contributed by atoms with Gasteiger partial charge in [-0.05, 0) is 31.6 Å². The number of carbonyl (C=O) groups is 2. The van der Waals surface area contributed by atoms with Gasteiger partial charge in [-0.25, -0.2) is 0 Å². The number of likely N-dealkylation sites (tertiary alicyclic amines) is 1. The predicted molar refractivity (Wildman–Crippen MR) is 103 cm³/mol. The van der Waals surface area contributed by atoms with E-state index >= 15 is 0 Å². The lowest BCUT2D eigenvalue weighted by molar-refractivity contribution is -0.202. The van der Waals surface area contributed by atoms with Crippen LogP contribution in [0, 0.1) is 5.41 Å². The van der Waals surface area contributed by atoms with Gasteiger partial charge in [0.15, 0.2) is 0 Å². The first-order chi connectivity index (χ1) is 10.9. The van der Waals surface area contributed by atoms with Crippen LogP contribution in [0.25, 0.3) is 0 Å². The van der Waals surface area contributed by atoms with Crippen molar-refractivity contribution in [3.8, 4) is 0 Å². The molecule has 0 saturated carbocycles. The number of halogens is 1. The Bertz CT molecular complexity index is 437. The number of hydrogen-bond donors (Lipinski definition) is 0. The molecular formula is C18H32INO4. The van der Waals surface area contributed by atoms with Crippen molar-refractivity contribution in [1.82, 2.24) is 4.90 Å². The normalized spacial score (nSPS) is 20.4. The molecule has 1 rings (SSSR count). The number of ether oxygens (including phenoxy) is 2. The van der Waals surface area contributed by atoms with Gasteiger partial charge >= 0.3 is 5.97 Å². The summed E-state index contributed by atoms with van der Waals surface area (Å²) < 4.78 is 11.3. The van der Waals surface area contributed by atoms with E-state index in [2.05, 4.69) is 43.4 Å². The Morgan fingerprint density at radius 2 is 1.75 bits per heavy atom. The second-order valence-electron chi connectivity index (χ2n) is 7.99. The number of esters is 1. The second-order valence-corrected chi connectivity index (χ2v) is 10.4. The number of nitrogens with zero attached hydrogens (tertiary/aromatic N) is 1. The van der Waals surface area contributed by atoms with Crippen LogP contribution < -0.4 is 0 Å². The van der Waals surface area contributed by atoms with Crippen molar-refractivity contribution in [2.75, 3.05) is 13.1 Å². The summed E-state index contributed by atoms with van der Waals surface area (Å²) in [6.07, 6.45) is 2.43. The molecular weight excluding hydrogens is 421 g/mol. The van der Waals surface area contributed by atoms with Crippen molar-refractivity contribution in [2.45, 2.75) is 83.0 Å². The number of piperidine rings is 1. The largest absolute Gasteiger partial charge is 0.435 e. The molecule has 140 valence electrons. The van der Waals surface area contributed by atoms with Crippen LogP contribution in [0.15, 0.2) is 0 Å². The van der Waals surface area contributed by atoms with Gasteiger partial charge in [0.1, 0.15) is 3.42 Å². The van der Waals surface area contributed by atoms with E-state index in [0.29, 0.717) is 25.9 Å². The van der Waals surface area contributed by atoms with Gasteiger partial charge in [-0.3, -0.25) is 9.59 Å². The molecule has 2 atom stereocenters. The smallest absolute Gasteiger partial charge is 0.324 e. The van der Waals surface area contributed by atoms with E-state index in [4.69, 9.17) is 9.47 Å². The minimum atomic E-state index is -0.535. The molecule has 0 aromatic heterocycles. The van der Waals surface area contributed by atoms with Gasteiger partial charge in [0.05, 0.1) is 6.10 Å². The molecule has 1 aliphatic heterocycles. The van der Waals surface area contributed by atoms with E-state index in [1.807, 2.05) is 18.7 Å². The average Bonchev–Trinajstić information content (AvgIpc) is 2.45. The molecule has 1 heterocycles. The Morgan fingerprint density at radius 1 is 1.21 bits per heavy atom. The highest BCUT2D eigenvalue weighted by atomic mass is 127. The molecule has 1 aliphatic rings. The van der Waals surface area contributed by atoms with E-state index in [9.17, 15) is 9.59 Å². The fourth-order valence-corrected chi connectivity index (χ4v) is 2.65. The lowest BCUT2D eigenvalue weighted by Crippen LogP contribution is -2.42. The fourth-order valence-electron chi connectivity index (χ4n) is 2.53. The summed E-state index contributed by atoms with van der Waals surface area (Å²) in [5.74, 6) is -0.115. The third kappa shape index (κ3) is 7.25. The summed E-state index contributed by atoms with van der Waals surface area (Å²) in [5, 5.41) is 0. The third-order valence-electron chi connectivity index (χ3n) is 4.34. The Kier molecular flexibility index (Phi) is 7.97. The van der Waals surface area contributed by atoms with Gasteiger partial charge in [0.2, 0.25) is 12.2 Å². The topological polar surface area (TPSA) is 55.8 Å². The number of rotatable bonds is 6. The highest BCUT2D eigenvalue weighted by Gasteiger charge is 2.34. The summed E-state index contributed by atoms with van der Waals surface area (Å²) in [6, 6.07) is 0. The molecule has 0 spiro atoms. The molecule has 0 aliphatic carbocycles. The minimum absolute atomic E-state index is 0.00107. The quantitative estimate of drug-likeness (QED) is 0.265. The van der Waals surface area contributed by atoms with Crippen molar-refractivity contribution >= 4 is 34.5 Å². The van der Waals surface area contributed by atoms with Crippen LogP contribution in [0.4, 0.5) is 0 Å². The molecule has 24 heavy (non-hydrogen) atoms. The molecule has 1 fully saturated rings. The van der Waals surface area contributed by atoms with E-state index < -0.39 is 9.71 Å². The highest BCUT2D eigenvalue weighted by Crippen LogP contribution is 2.29. The van der Waals surface area contributed by atoms with Crippen molar-refractivity contribution < 1.29 is 19.1 Å². The molecule has 1 amide bonds. The van der Waals surface area contributed by atoms with Crippen LogP contribution in [-0.2, 0) is 19.1 Å². The van der Waals surface area contributed by atoms with E-state index in [0.717, 1.165) is 12.8 Å². The van der Waals surface area contributed by atoms with E-state index in [1.54, 1.807) is 6.92 Å². The number of hydrogen-bond acceptors (Lipinski definition) is 4. The zero-order valence-electron chi connectivity index (χ0n) is 15.9. The summed E-state index contributed by atoms with van der Waals surface area (Å²) in [4.78, 5) is 25.7. The van der Waals surface area contributed by atoms with Gasteiger partial charge in [-0.1, -0.05) is 50.3 Å². The van der Waals surface area contributed by atoms with Crippen LogP contribution >= 0.6 is 22.6 Å². The number of amides is 1. The monoisotopic (exact) mass is 453 g/mol. The molecule has 0 aromatic carbocycles. The lowest BCUT2D eigenvalue weighted by atomic mass is 9.92. The molecule has 6 heteroatoms. The summed E-state index contributed by atoms with van der Waals surface area (Å²) in [7, 11) is 0. The third-order valence-corrected chi connectivity index (χ3v) is 5.54. The first-order valence-corrected chi connectivity index (χ1v) is 9.83. The molecule has 1 saturated heterocycles. The first kappa shape index (κ1) is 21.7. The number of alkyl halides is 1.